The molecule has 2 aromatic heterocycles. The van der Waals surface area contributed by atoms with Crippen molar-refractivity contribution in [3.05, 3.63) is 46.3 Å². The molecule has 0 saturated carbocycles. The number of benzene rings is 1. The lowest BCUT2D eigenvalue weighted by molar-refractivity contribution is 0.0527. The van der Waals surface area contributed by atoms with E-state index in [0.717, 1.165) is 22.7 Å². The number of esters is 2. The molecule has 8 nitrogen and oxygen atoms in total. The third kappa shape index (κ3) is 4.91. The molecule has 0 unspecified atom stereocenters. The Morgan fingerprint density at radius 1 is 1.06 bits per heavy atom. The Balaban J connectivity index is 1.94. The molecule has 0 fully saturated rings. The van der Waals surface area contributed by atoms with E-state index in [9.17, 15) is 9.59 Å². The van der Waals surface area contributed by atoms with E-state index in [0.29, 0.717) is 27.9 Å². The number of carbonyl (C=O) groups excluding carboxylic acids is 2. The van der Waals surface area contributed by atoms with Crippen molar-refractivity contribution in [3.8, 4) is 11.4 Å². The summed E-state index contributed by atoms with van der Waals surface area (Å²) >= 11 is 2.41. The minimum Gasteiger partial charge on any atom is -0.462 e. The van der Waals surface area contributed by atoms with Gasteiger partial charge in [0, 0.05) is 23.4 Å². The fraction of sp³-hybridized carbons (Fsp3) is 0.333. The van der Waals surface area contributed by atoms with Crippen LogP contribution in [0.2, 0.25) is 0 Å². The Labute approximate surface area is 188 Å². The van der Waals surface area contributed by atoms with E-state index >= 15 is 0 Å². The van der Waals surface area contributed by atoms with E-state index in [1.807, 2.05) is 41.8 Å². The maximum atomic E-state index is 12.5. The van der Waals surface area contributed by atoms with Crippen molar-refractivity contribution in [3.63, 3.8) is 0 Å². The number of thioether (sulfide) groups is 1. The van der Waals surface area contributed by atoms with Crippen LogP contribution in [0.5, 0.6) is 0 Å². The molecule has 0 amide bonds. The summed E-state index contributed by atoms with van der Waals surface area (Å²) in [5, 5.41) is 9.57. The number of ether oxygens (including phenoxy) is 2. The standard InChI is InChI=1S/C21H24N4O4S2/c1-4-25-18(13-10-8-7-9-11-13)23-24-21(25)30-12-14-15(19(26)28-5-2)17(22)31-16(14)20(27)29-6-3/h7-11H,4-6,12,22H2,1-3H3. The number of hydrogen-bond donors (Lipinski definition) is 1. The molecule has 10 heteroatoms. The molecule has 0 aliphatic heterocycles. The second kappa shape index (κ2) is 10.5. The van der Waals surface area contributed by atoms with Crippen molar-refractivity contribution in [2.75, 3.05) is 18.9 Å². The van der Waals surface area contributed by atoms with Crippen molar-refractivity contribution >= 4 is 40.0 Å². The van der Waals surface area contributed by atoms with Gasteiger partial charge in [-0.05, 0) is 20.8 Å². The van der Waals surface area contributed by atoms with Gasteiger partial charge in [0.25, 0.3) is 0 Å². The predicted molar refractivity (Wildman–Crippen MR) is 121 cm³/mol. The number of rotatable bonds is 9. The summed E-state index contributed by atoms with van der Waals surface area (Å²) < 4.78 is 12.3. The molecule has 2 N–H and O–H groups in total. The van der Waals surface area contributed by atoms with Gasteiger partial charge in [-0.1, -0.05) is 42.1 Å². The molecule has 3 rings (SSSR count). The molecule has 0 radical (unpaired) electrons. The van der Waals surface area contributed by atoms with Gasteiger partial charge in [0.1, 0.15) is 9.88 Å². The van der Waals surface area contributed by atoms with E-state index in [2.05, 4.69) is 10.2 Å². The first-order valence-corrected chi connectivity index (χ1v) is 11.7. The first-order valence-electron chi connectivity index (χ1n) is 9.88. The van der Waals surface area contributed by atoms with Crippen molar-refractivity contribution in [2.24, 2.45) is 0 Å². The second-order valence-corrected chi connectivity index (χ2v) is 8.29. The highest BCUT2D eigenvalue weighted by Gasteiger charge is 2.28. The summed E-state index contributed by atoms with van der Waals surface area (Å²) in [6, 6.07) is 9.79. The molecule has 164 valence electrons. The highest BCUT2D eigenvalue weighted by Crippen LogP contribution is 2.37. The number of anilines is 1. The van der Waals surface area contributed by atoms with Gasteiger partial charge in [0.15, 0.2) is 11.0 Å². The molecule has 3 aromatic rings. The first-order chi connectivity index (χ1) is 15.0. The van der Waals surface area contributed by atoms with E-state index < -0.39 is 11.9 Å². The summed E-state index contributed by atoms with van der Waals surface area (Å²) in [6.07, 6.45) is 0. The Hall–Kier alpha value is -2.85. The van der Waals surface area contributed by atoms with Crippen LogP contribution in [-0.4, -0.2) is 39.9 Å². The summed E-state index contributed by atoms with van der Waals surface area (Å²) in [7, 11) is 0. The topological polar surface area (TPSA) is 109 Å². The smallest absolute Gasteiger partial charge is 0.348 e. The Bertz CT molecular complexity index is 1060. The summed E-state index contributed by atoms with van der Waals surface area (Å²) in [5.74, 6) is -0.00796. The third-order valence-electron chi connectivity index (χ3n) is 4.39. The van der Waals surface area contributed by atoms with Crippen LogP contribution in [0.1, 0.15) is 46.4 Å². The van der Waals surface area contributed by atoms with Crippen molar-refractivity contribution in [1.29, 1.82) is 0 Å². The van der Waals surface area contributed by atoms with E-state index in [-0.39, 0.29) is 23.8 Å². The third-order valence-corrected chi connectivity index (χ3v) is 6.42. The van der Waals surface area contributed by atoms with Gasteiger partial charge in [-0.3, -0.25) is 0 Å². The number of carbonyl (C=O) groups is 2. The molecule has 0 atom stereocenters. The molecule has 2 heterocycles. The van der Waals surface area contributed by atoms with Crippen molar-refractivity contribution in [1.82, 2.24) is 14.8 Å². The van der Waals surface area contributed by atoms with Gasteiger partial charge in [-0.15, -0.1) is 21.5 Å². The number of nitrogens with two attached hydrogens (primary N) is 1. The minimum atomic E-state index is -0.552. The molecule has 0 saturated heterocycles. The van der Waals surface area contributed by atoms with Crippen LogP contribution in [0.25, 0.3) is 11.4 Å². The molecular weight excluding hydrogens is 436 g/mol. The predicted octanol–water partition coefficient (Wildman–Crippen LogP) is 4.25. The molecule has 0 aliphatic rings. The lowest BCUT2D eigenvalue weighted by Crippen LogP contribution is -2.11. The van der Waals surface area contributed by atoms with Gasteiger partial charge >= 0.3 is 11.9 Å². The van der Waals surface area contributed by atoms with E-state index in [1.165, 1.54) is 11.8 Å². The van der Waals surface area contributed by atoms with Crippen LogP contribution < -0.4 is 5.73 Å². The summed E-state index contributed by atoms with van der Waals surface area (Å²) in [4.78, 5) is 25.3. The largest absolute Gasteiger partial charge is 0.462 e. The lowest BCUT2D eigenvalue weighted by Gasteiger charge is -2.09. The summed E-state index contributed by atoms with van der Waals surface area (Å²) in [6.45, 7) is 6.56. The molecule has 31 heavy (non-hydrogen) atoms. The second-order valence-electron chi connectivity index (χ2n) is 6.30. The highest BCUT2D eigenvalue weighted by atomic mass is 32.2. The monoisotopic (exact) mass is 460 g/mol. The maximum Gasteiger partial charge on any atom is 0.348 e. The van der Waals surface area contributed by atoms with Gasteiger partial charge < -0.3 is 19.8 Å². The van der Waals surface area contributed by atoms with Crippen LogP contribution in [0, 0.1) is 0 Å². The normalized spacial score (nSPS) is 10.8. The molecule has 0 spiro atoms. The number of aromatic nitrogens is 3. The van der Waals surface area contributed by atoms with Crippen LogP contribution in [0.4, 0.5) is 5.00 Å². The average molecular weight is 461 g/mol. The zero-order valence-electron chi connectivity index (χ0n) is 17.6. The first kappa shape index (κ1) is 22.8. The van der Waals surface area contributed by atoms with E-state index in [4.69, 9.17) is 15.2 Å². The molecule has 0 bridgehead atoms. The quantitative estimate of drug-likeness (QED) is 0.373. The minimum absolute atomic E-state index is 0.208. The Kier molecular flexibility index (Phi) is 7.69. The molecular formula is C21H24N4O4S2. The average Bonchev–Trinajstić information content (AvgIpc) is 3.33. The van der Waals surface area contributed by atoms with Crippen LogP contribution >= 0.6 is 23.1 Å². The number of hydrogen-bond acceptors (Lipinski definition) is 9. The van der Waals surface area contributed by atoms with Gasteiger partial charge in [-0.2, -0.15) is 0 Å². The Morgan fingerprint density at radius 3 is 2.39 bits per heavy atom. The lowest BCUT2D eigenvalue weighted by atomic mass is 10.1. The zero-order chi connectivity index (χ0) is 22.4. The van der Waals surface area contributed by atoms with Crippen LogP contribution in [0.15, 0.2) is 35.5 Å². The fourth-order valence-corrected chi connectivity index (χ4v) is 5.12. The van der Waals surface area contributed by atoms with Gasteiger partial charge in [0.05, 0.1) is 18.8 Å². The summed E-state index contributed by atoms with van der Waals surface area (Å²) in [5.41, 5.74) is 7.75. The van der Waals surface area contributed by atoms with Crippen molar-refractivity contribution in [2.45, 2.75) is 38.2 Å². The number of nitrogens with zero attached hydrogens (tertiary/aromatic N) is 3. The highest BCUT2D eigenvalue weighted by molar-refractivity contribution is 7.98. The fourth-order valence-electron chi connectivity index (χ4n) is 3.03. The molecule has 0 aliphatic carbocycles. The Morgan fingerprint density at radius 2 is 1.74 bits per heavy atom. The van der Waals surface area contributed by atoms with Gasteiger partial charge in [-0.25, -0.2) is 9.59 Å². The van der Waals surface area contributed by atoms with Gasteiger partial charge in [0.2, 0.25) is 0 Å². The zero-order valence-corrected chi connectivity index (χ0v) is 19.2. The van der Waals surface area contributed by atoms with E-state index in [1.54, 1.807) is 13.8 Å². The van der Waals surface area contributed by atoms with Crippen molar-refractivity contribution < 1.29 is 19.1 Å². The maximum absolute atomic E-state index is 12.5. The number of nitrogen functional groups attached to an aromatic ring is 1. The number of thiophene rings is 1. The molecule has 1 aromatic carbocycles. The van der Waals surface area contributed by atoms with Crippen LogP contribution in [0.3, 0.4) is 0 Å². The SMILES string of the molecule is CCOC(=O)c1sc(N)c(C(=O)OCC)c1CSc1nnc(-c2ccccc2)n1CC. The van der Waals surface area contributed by atoms with Crippen LogP contribution in [-0.2, 0) is 21.8 Å².